The molecule has 168 valence electrons. The Morgan fingerprint density at radius 3 is 2.45 bits per heavy atom. The molecule has 3 aromatic rings. The minimum atomic E-state index is -0.998. The zero-order valence-corrected chi connectivity index (χ0v) is 18.6. The number of benzene rings is 2. The van der Waals surface area contributed by atoms with Crippen LogP contribution in [0.25, 0.3) is 5.76 Å². The quantitative estimate of drug-likeness (QED) is 0.334. The summed E-state index contributed by atoms with van der Waals surface area (Å²) >= 11 is 0. The summed E-state index contributed by atoms with van der Waals surface area (Å²) in [4.78, 5) is 27.7. The predicted molar refractivity (Wildman–Crippen MR) is 124 cm³/mol. The van der Waals surface area contributed by atoms with Gasteiger partial charge in [-0.05, 0) is 86.6 Å². The Labute approximate surface area is 191 Å². The SMILES string of the molecule is Cc1ccc(O)c(N2C(=O)C(=O)/C(=C(\O)c3ccc4c(c3)CCCC4)C2c2ccc(C)o2)c1. The molecule has 0 radical (unpaired) electrons. The average molecular weight is 443 g/mol. The lowest BCUT2D eigenvalue weighted by molar-refractivity contribution is -0.132. The predicted octanol–water partition coefficient (Wildman–Crippen LogP) is 5.11. The van der Waals surface area contributed by atoms with Crippen LogP contribution in [0.15, 0.2) is 58.5 Å². The topological polar surface area (TPSA) is 91.0 Å². The van der Waals surface area contributed by atoms with Gasteiger partial charge in [0.2, 0.25) is 0 Å². The molecule has 6 nitrogen and oxygen atoms in total. The van der Waals surface area contributed by atoms with Gasteiger partial charge in [0.15, 0.2) is 0 Å². The first-order valence-electron chi connectivity index (χ1n) is 11.1. The first-order valence-corrected chi connectivity index (χ1v) is 11.1. The number of hydrogen-bond acceptors (Lipinski definition) is 5. The third-order valence-corrected chi connectivity index (χ3v) is 6.49. The summed E-state index contributed by atoms with van der Waals surface area (Å²) in [7, 11) is 0. The highest BCUT2D eigenvalue weighted by Crippen LogP contribution is 2.45. The van der Waals surface area contributed by atoms with Crippen LogP contribution in [-0.4, -0.2) is 21.9 Å². The molecule has 0 bridgehead atoms. The zero-order chi connectivity index (χ0) is 23.3. The van der Waals surface area contributed by atoms with Crippen molar-refractivity contribution in [3.63, 3.8) is 0 Å². The van der Waals surface area contributed by atoms with Crippen LogP contribution in [0.2, 0.25) is 0 Å². The number of aryl methyl sites for hydroxylation is 4. The zero-order valence-electron chi connectivity index (χ0n) is 18.6. The van der Waals surface area contributed by atoms with Crippen molar-refractivity contribution in [2.45, 2.75) is 45.6 Å². The molecule has 1 aromatic heterocycles. The number of fused-ring (bicyclic) bond motifs is 1. The van der Waals surface area contributed by atoms with Crippen LogP contribution >= 0.6 is 0 Å². The highest BCUT2D eigenvalue weighted by molar-refractivity contribution is 6.51. The molecule has 1 unspecified atom stereocenters. The Balaban J connectivity index is 1.71. The summed E-state index contributed by atoms with van der Waals surface area (Å²) in [6, 6.07) is 13.0. The summed E-state index contributed by atoms with van der Waals surface area (Å²) in [6.45, 7) is 3.60. The van der Waals surface area contributed by atoms with Crippen molar-refractivity contribution in [3.8, 4) is 5.75 Å². The molecule has 1 atom stereocenters. The van der Waals surface area contributed by atoms with Gasteiger partial charge >= 0.3 is 0 Å². The lowest BCUT2D eigenvalue weighted by atomic mass is 9.89. The molecule has 6 heteroatoms. The van der Waals surface area contributed by atoms with Crippen LogP contribution in [0, 0.1) is 13.8 Å². The maximum Gasteiger partial charge on any atom is 0.300 e. The van der Waals surface area contributed by atoms with Crippen molar-refractivity contribution in [3.05, 3.63) is 87.9 Å². The van der Waals surface area contributed by atoms with E-state index in [0.29, 0.717) is 17.1 Å². The molecule has 2 aliphatic rings. The number of furan rings is 1. The van der Waals surface area contributed by atoms with Gasteiger partial charge in [-0.3, -0.25) is 14.5 Å². The average Bonchev–Trinajstić information content (AvgIpc) is 3.35. The Bertz CT molecular complexity index is 1320. The van der Waals surface area contributed by atoms with Crippen LogP contribution in [0.4, 0.5) is 5.69 Å². The molecule has 2 heterocycles. The Hall–Kier alpha value is -3.80. The molecular weight excluding hydrogens is 418 g/mol. The highest BCUT2D eigenvalue weighted by Gasteiger charge is 2.49. The van der Waals surface area contributed by atoms with E-state index < -0.39 is 17.7 Å². The fourth-order valence-corrected chi connectivity index (χ4v) is 4.81. The van der Waals surface area contributed by atoms with Gasteiger partial charge in [0.25, 0.3) is 11.7 Å². The Morgan fingerprint density at radius 1 is 0.970 bits per heavy atom. The van der Waals surface area contributed by atoms with E-state index >= 15 is 0 Å². The Morgan fingerprint density at radius 2 is 1.73 bits per heavy atom. The lowest BCUT2D eigenvalue weighted by Gasteiger charge is -2.24. The fraction of sp³-hybridized carbons (Fsp3) is 0.259. The summed E-state index contributed by atoms with van der Waals surface area (Å²) < 4.78 is 5.82. The highest BCUT2D eigenvalue weighted by atomic mass is 16.3. The molecule has 0 saturated carbocycles. The second-order valence-corrected chi connectivity index (χ2v) is 8.80. The van der Waals surface area contributed by atoms with E-state index in [9.17, 15) is 19.8 Å². The number of phenols is 1. The van der Waals surface area contributed by atoms with Crippen molar-refractivity contribution >= 4 is 23.1 Å². The van der Waals surface area contributed by atoms with Crippen LogP contribution < -0.4 is 4.90 Å². The standard InChI is InChI=1S/C27H25NO5/c1-15-7-11-21(29)20(13-15)28-24(22-12-8-16(2)33-22)23(26(31)27(28)32)25(30)19-10-9-17-5-3-4-6-18(17)14-19/h7-14,24,29-30H,3-6H2,1-2H3/b25-23-. The number of phenolic OH excluding ortho intramolecular Hbond substituents is 1. The van der Waals surface area contributed by atoms with Crippen molar-refractivity contribution in [2.75, 3.05) is 4.90 Å². The van der Waals surface area contributed by atoms with E-state index in [2.05, 4.69) is 0 Å². The number of carbonyl (C=O) groups is 2. The third-order valence-electron chi connectivity index (χ3n) is 6.49. The first-order chi connectivity index (χ1) is 15.8. The van der Waals surface area contributed by atoms with Crippen LogP contribution in [0.1, 0.15) is 52.7 Å². The molecule has 0 spiro atoms. The van der Waals surface area contributed by atoms with Gasteiger partial charge in [-0.25, -0.2) is 0 Å². The van der Waals surface area contributed by atoms with E-state index in [1.54, 1.807) is 37.3 Å². The molecular formula is C27H25NO5. The monoisotopic (exact) mass is 443 g/mol. The van der Waals surface area contributed by atoms with Gasteiger partial charge in [0, 0.05) is 5.56 Å². The minimum Gasteiger partial charge on any atom is -0.507 e. The van der Waals surface area contributed by atoms with E-state index in [1.807, 2.05) is 19.1 Å². The molecule has 2 N–H and O–H groups in total. The van der Waals surface area contributed by atoms with E-state index in [1.165, 1.54) is 16.5 Å². The van der Waals surface area contributed by atoms with E-state index in [-0.39, 0.29) is 22.8 Å². The first kappa shape index (κ1) is 21.1. The van der Waals surface area contributed by atoms with Gasteiger partial charge in [-0.2, -0.15) is 0 Å². The largest absolute Gasteiger partial charge is 0.507 e. The molecule has 1 saturated heterocycles. The summed E-state index contributed by atoms with van der Waals surface area (Å²) in [6.07, 6.45) is 4.14. The van der Waals surface area contributed by atoms with Gasteiger partial charge in [-0.15, -0.1) is 0 Å². The van der Waals surface area contributed by atoms with Gasteiger partial charge < -0.3 is 14.6 Å². The number of amides is 1. The maximum absolute atomic E-state index is 13.2. The number of aromatic hydroxyl groups is 1. The number of anilines is 1. The number of nitrogens with zero attached hydrogens (tertiary/aromatic N) is 1. The summed E-state index contributed by atoms with van der Waals surface area (Å²) in [5, 5.41) is 21.8. The normalized spacial score (nSPS) is 19.7. The number of aliphatic hydroxyl groups excluding tert-OH is 1. The number of ketones is 1. The molecule has 1 amide bonds. The summed E-state index contributed by atoms with van der Waals surface area (Å²) in [5.74, 6) is -1.07. The molecule has 5 rings (SSSR count). The number of Topliss-reactive ketones (excluding diaryl/α,β-unsaturated/α-hetero) is 1. The van der Waals surface area contributed by atoms with Crippen molar-refractivity contribution in [1.29, 1.82) is 0 Å². The molecule has 1 fully saturated rings. The van der Waals surface area contributed by atoms with Crippen LogP contribution in [-0.2, 0) is 22.4 Å². The van der Waals surface area contributed by atoms with Gasteiger partial charge in [0.1, 0.15) is 29.1 Å². The van der Waals surface area contributed by atoms with Crippen molar-refractivity contribution < 1.29 is 24.2 Å². The molecule has 1 aliphatic heterocycles. The number of carbonyl (C=O) groups excluding carboxylic acids is 2. The Kier molecular flexibility index (Phi) is 5.08. The third kappa shape index (κ3) is 3.52. The number of hydrogen-bond donors (Lipinski definition) is 2. The van der Waals surface area contributed by atoms with Crippen LogP contribution in [0.5, 0.6) is 5.75 Å². The fourth-order valence-electron chi connectivity index (χ4n) is 4.81. The second-order valence-electron chi connectivity index (χ2n) is 8.80. The summed E-state index contributed by atoms with van der Waals surface area (Å²) in [5.41, 5.74) is 3.86. The number of rotatable bonds is 3. The number of aliphatic hydroxyl groups is 1. The maximum atomic E-state index is 13.2. The molecule has 2 aromatic carbocycles. The van der Waals surface area contributed by atoms with Crippen molar-refractivity contribution in [2.24, 2.45) is 0 Å². The smallest absolute Gasteiger partial charge is 0.300 e. The minimum absolute atomic E-state index is 0.0500. The lowest BCUT2D eigenvalue weighted by Crippen LogP contribution is -2.29. The molecule has 1 aliphatic carbocycles. The van der Waals surface area contributed by atoms with Crippen molar-refractivity contribution in [1.82, 2.24) is 0 Å². The van der Waals surface area contributed by atoms with Gasteiger partial charge in [0.05, 0.1) is 11.3 Å². The van der Waals surface area contributed by atoms with Crippen LogP contribution in [0.3, 0.4) is 0 Å². The van der Waals surface area contributed by atoms with Gasteiger partial charge in [-0.1, -0.05) is 18.2 Å². The second kappa shape index (κ2) is 7.96. The van der Waals surface area contributed by atoms with E-state index in [0.717, 1.165) is 36.8 Å². The molecule has 33 heavy (non-hydrogen) atoms. The van der Waals surface area contributed by atoms with E-state index in [4.69, 9.17) is 4.42 Å².